The highest BCUT2D eigenvalue weighted by Crippen LogP contribution is 2.31. The number of anilines is 2. The maximum absolute atomic E-state index is 12.8. The zero-order valence-electron chi connectivity index (χ0n) is 18.5. The van der Waals surface area contributed by atoms with Crippen molar-refractivity contribution in [1.29, 1.82) is 0 Å². The molecule has 1 aliphatic heterocycles. The predicted octanol–water partition coefficient (Wildman–Crippen LogP) is 3.09. The highest BCUT2D eigenvalue weighted by molar-refractivity contribution is 5.88. The lowest BCUT2D eigenvalue weighted by Crippen LogP contribution is -2.46. The van der Waals surface area contributed by atoms with Crippen molar-refractivity contribution >= 4 is 28.4 Å². The van der Waals surface area contributed by atoms with Gasteiger partial charge in [0.25, 0.3) is 0 Å². The molecule has 0 bridgehead atoms. The van der Waals surface area contributed by atoms with Crippen LogP contribution in [0.2, 0.25) is 0 Å². The lowest BCUT2D eigenvalue weighted by molar-refractivity contribution is -0.114. The van der Waals surface area contributed by atoms with E-state index in [0.29, 0.717) is 28.4 Å². The number of rotatable bonds is 6. The van der Waals surface area contributed by atoms with E-state index < -0.39 is 0 Å². The summed E-state index contributed by atoms with van der Waals surface area (Å²) >= 11 is 0. The van der Waals surface area contributed by atoms with Crippen LogP contribution in [0.4, 0.5) is 11.6 Å². The van der Waals surface area contributed by atoms with E-state index >= 15 is 0 Å². The first-order valence-electron chi connectivity index (χ1n) is 10.5. The van der Waals surface area contributed by atoms with Crippen molar-refractivity contribution in [3.8, 4) is 11.5 Å². The Morgan fingerprint density at radius 2 is 1.75 bits per heavy atom. The van der Waals surface area contributed by atoms with Gasteiger partial charge >= 0.3 is 0 Å². The number of carbonyl (C=O) groups is 1. The van der Waals surface area contributed by atoms with Crippen LogP contribution in [0.15, 0.2) is 51.7 Å². The molecule has 3 aromatic rings. The minimum absolute atomic E-state index is 0.0777. The number of benzene rings is 2. The molecule has 4 rings (SSSR count). The lowest BCUT2D eigenvalue weighted by atomic mass is 10.1. The molecule has 0 saturated carbocycles. The number of ether oxygens (including phenoxy) is 2. The Kier molecular flexibility index (Phi) is 6.32. The van der Waals surface area contributed by atoms with Gasteiger partial charge < -0.3 is 24.1 Å². The minimum atomic E-state index is -0.137. The molecule has 0 aliphatic carbocycles. The minimum Gasteiger partial charge on any atom is -0.496 e. The van der Waals surface area contributed by atoms with Gasteiger partial charge in [-0.2, -0.15) is 0 Å². The monoisotopic (exact) mass is 437 g/mol. The van der Waals surface area contributed by atoms with Gasteiger partial charge in [0, 0.05) is 63.5 Å². The van der Waals surface area contributed by atoms with Crippen LogP contribution in [-0.2, 0) is 11.3 Å². The smallest absolute Gasteiger partial charge is 0.221 e. The molecule has 32 heavy (non-hydrogen) atoms. The van der Waals surface area contributed by atoms with Crippen LogP contribution < -0.4 is 25.1 Å². The molecular formula is C24H27N3O5. The predicted molar refractivity (Wildman–Crippen MR) is 124 cm³/mol. The molecule has 1 fully saturated rings. The van der Waals surface area contributed by atoms with Crippen molar-refractivity contribution in [3.63, 3.8) is 0 Å². The van der Waals surface area contributed by atoms with E-state index in [1.54, 1.807) is 19.2 Å². The fourth-order valence-corrected chi connectivity index (χ4v) is 3.93. The molecule has 0 radical (unpaired) electrons. The number of fused-ring (bicyclic) bond motifs is 1. The van der Waals surface area contributed by atoms with E-state index in [-0.39, 0.29) is 11.3 Å². The molecule has 2 heterocycles. The van der Waals surface area contributed by atoms with Gasteiger partial charge in [0.2, 0.25) is 5.91 Å². The van der Waals surface area contributed by atoms with Crippen LogP contribution in [0.1, 0.15) is 12.5 Å². The Balaban J connectivity index is 1.45. The maximum Gasteiger partial charge on any atom is 0.221 e. The summed E-state index contributed by atoms with van der Waals surface area (Å²) in [6.45, 7) is 5.51. The SMILES string of the molecule is COc1cc(OC)c2c(=O)cc(N3CCN(Cc4ccc(NC(C)=O)cc4)CC3)oc2c1. The number of amides is 1. The molecule has 168 valence electrons. The molecule has 8 nitrogen and oxygen atoms in total. The zero-order valence-corrected chi connectivity index (χ0v) is 18.5. The van der Waals surface area contributed by atoms with Crippen molar-refractivity contribution in [2.45, 2.75) is 13.5 Å². The van der Waals surface area contributed by atoms with Gasteiger partial charge in [-0.15, -0.1) is 0 Å². The van der Waals surface area contributed by atoms with Crippen LogP contribution >= 0.6 is 0 Å². The molecule has 0 spiro atoms. The zero-order chi connectivity index (χ0) is 22.7. The second-order valence-electron chi connectivity index (χ2n) is 7.79. The van der Waals surface area contributed by atoms with Gasteiger partial charge in [0.05, 0.1) is 14.2 Å². The average Bonchev–Trinajstić information content (AvgIpc) is 2.79. The Morgan fingerprint density at radius 3 is 2.38 bits per heavy atom. The van der Waals surface area contributed by atoms with Crippen LogP contribution in [0.5, 0.6) is 11.5 Å². The van der Waals surface area contributed by atoms with E-state index in [2.05, 4.69) is 15.1 Å². The number of methoxy groups -OCH3 is 2. The molecule has 0 unspecified atom stereocenters. The quantitative estimate of drug-likeness (QED) is 0.634. The molecule has 8 heteroatoms. The second-order valence-corrected chi connectivity index (χ2v) is 7.79. The summed E-state index contributed by atoms with van der Waals surface area (Å²) in [5.41, 5.74) is 2.29. The van der Waals surface area contributed by atoms with Crippen molar-refractivity contribution in [2.24, 2.45) is 0 Å². The lowest BCUT2D eigenvalue weighted by Gasteiger charge is -2.35. The third-order valence-corrected chi connectivity index (χ3v) is 5.58. The average molecular weight is 437 g/mol. The molecule has 1 N–H and O–H groups in total. The van der Waals surface area contributed by atoms with Crippen LogP contribution in [0, 0.1) is 0 Å². The van der Waals surface area contributed by atoms with Crippen LogP contribution in [-0.4, -0.2) is 51.2 Å². The fraction of sp³-hybridized carbons (Fsp3) is 0.333. The standard InChI is InChI=1S/C24H27N3O5/c1-16(28)25-18-6-4-17(5-7-18)15-26-8-10-27(11-9-26)23-14-20(29)24-21(31-3)12-19(30-2)13-22(24)32-23/h4-7,12-14H,8-11,15H2,1-3H3,(H,25,28). The van der Waals surface area contributed by atoms with Crippen molar-refractivity contribution in [1.82, 2.24) is 4.90 Å². The largest absolute Gasteiger partial charge is 0.496 e. The van der Waals surface area contributed by atoms with E-state index in [0.717, 1.165) is 38.4 Å². The van der Waals surface area contributed by atoms with Crippen LogP contribution in [0.25, 0.3) is 11.0 Å². The first-order valence-corrected chi connectivity index (χ1v) is 10.5. The summed E-state index contributed by atoms with van der Waals surface area (Å²) in [6, 6.07) is 12.8. The van der Waals surface area contributed by atoms with Crippen molar-refractivity contribution < 1.29 is 18.7 Å². The normalized spacial score (nSPS) is 14.4. The van der Waals surface area contributed by atoms with Crippen molar-refractivity contribution in [3.05, 3.63) is 58.3 Å². The van der Waals surface area contributed by atoms with Gasteiger partial charge in [-0.3, -0.25) is 14.5 Å². The highest BCUT2D eigenvalue weighted by atomic mass is 16.5. The molecule has 0 atom stereocenters. The van der Waals surface area contributed by atoms with Gasteiger partial charge in [-0.05, 0) is 17.7 Å². The first-order chi connectivity index (χ1) is 15.5. The summed E-state index contributed by atoms with van der Waals surface area (Å²) in [4.78, 5) is 28.4. The van der Waals surface area contributed by atoms with Crippen molar-refractivity contribution in [2.75, 3.05) is 50.6 Å². The van der Waals surface area contributed by atoms with Gasteiger partial charge in [-0.1, -0.05) is 12.1 Å². The van der Waals surface area contributed by atoms with E-state index in [1.807, 2.05) is 24.3 Å². The Bertz CT molecular complexity index is 1160. The highest BCUT2D eigenvalue weighted by Gasteiger charge is 2.21. The number of hydrogen-bond donors (Lipinski definition) is 1. The number of nitrogens with zero attached hydrogens (tertiary/aromatic N) is 2. The van der Waals surface area contributed by atoms with Gasteiger partial charge in [0.15, 0.2) is 11.3 Å². The molecule has 1 amide bonds. The summed E-state index contributed by atoms with van der Waals surface area (Å²) in [5.74, 6) is 1.49. The third-order valence-electron chi connectivity index (χ3n) is 5.58. The van der Waals surface area contributed by atoms with Crippen LogP contribution in [0.3, 0.4) is 0 Å². The molecule has 1 aromatic heterocycles. The number of nitrogens with one attached hydrogen (secondary N) is 1. The van der Waals surface area contributed by atoms with Gasteiger partial charge in [0.1, 0.15) is 22.5 Å². The summed E-state index contributed by atoms with van der Waals surface area (Å²) < 4.78 is 16.7. The maximum atomic E-state index is 12.8. The Hall–Kier alpha value is -3.52. The third kappa shape index (κ3) is 4.70. The van der Waals surface area contributed by atoms with E-state index in [9.17, 15) is 9.59 Å². The topological polar surface area (TPSA) is 84.3 Å². The van der Waals surface area contributed by atoms with E-state index in [4.69, 9.17) is 13.9 Å². The fourth-order valence-electron chi connectivity index (χ4n) is 3.93. The number of piperazine rings is 1. The Labute approximate surface area is 186 Å². The van der Waals surface area contributed by atoms with E-state index in [1.165, 1.54) is 25.7 Å². The molecule has 1 aliphatic rings. The number of carbonyl (C=O) groups excluding carboxylic acids is 1. The molecular weight excluding hydrogens is 410 g/mol. The molecule has 1 saturated heterocycles. The Morgan fingerprint density at radius 1 is 1.03 bits per heavy atom. The summed E-state index contributed by atoms with van der Waals surface area (Å²) in [6.07, 6.45) is 0. The molecule has 2 aromatic carbocycles. The number of hydrogen-bond acceptors (Lipinski definition) is 7. The second kappa shape index (κ2) is 9.32. The van der Waals surface area contributed by atoms with Gasteiger partial charge in [-0.25, -0.2) is 0 Å². The first kappa shape index (κ1) is 21.7. The summed E-state index contributed by atoms with van der Waals surface area (Å²) in [5, 5.41) is 3.20. The summed E-state index contributed by atoms with van der Waals surface area (Å²) in [7, 11) is 3.09.